The topological polar surface area (TPSA) is 40.5 Å². The van der Waals surface area contributed by atoms with E-state index in [0.29, 0.717) is 0 Å². The second-order valence-corrected chi connectivity index (χ2v) is 3.97. The molecule has 13 heavy (non-hydrogen) atoms. The third kappa shape index (κ3) is 1.48. The molecule has 0 bridgehead atoms. The van der Waals surface area contributed by atoms with Gasteiger partial charge < -0.3 is 5.11 Å². The minimum Gasteiger partial charge on any atom is -0.478 e. The SMILES string of the molecule is O=C(O)/C=C/C12CCCN1CCC2. The van der Waals surface area contributed by atoms with Crippen molar-refractivity contribution in [2.24, 2.45) is 0 Å². The number of rotatable bonds is 2. The molecule has 0 saturated carbocycles. The van der Waals surface area contributed by atoms with E-state index in [1.165, 1.54) is 18.9 Å². The van der Waals surface area contributed by atoms with Crippen LogP contribution in [0, 0.1) is 0 Å². The zero-order valence-electron chi connectivity index (χ0n) is 7.70. The molecule has 0 amide bonds. The lowest BCUT2D eigenvalue weighted by Crippen LogP contribution is -2.35. The van der Waals surface area contributed by atoms with Gasteiger partial charge in [-0.05, 0) is 38.8 Å². The molecule has 0 aliphatic carbocycles. The molecule has 0 aromatic carbocycles. The Kier molecular flexibility index (Phi) is 2.12. The molecule has 2 saturated heterocycles. The van der Waals surface area contributed by atoms with Crippen LogP contribution in [0.15, 0.2) is 12.2 Å². The van der Waals surface area contributed by atoms with E-state index in [1.54, 1.807) is 0 Å². The van der Waals surface area contributed by atoms with Crippen LogP contribution in [0.5, 0.6) is 0 Å². The van der Waals surface area contributed by atoms with Gasteiger partial charge >= 0.3 is 5.97 Å². The summed E-state index contributed by atoms with van der Waals surface area (Å²) < 4.78 is 0. The number of carboxylic acids is 1. The molecule has 0 spiro atoms. The lowest BCUT2D eigenvalue weighted by Gasteiger charge is -2.28. The fourth-order valence-corrected chi connectivity index (χ4v) is 2.65. The van der Waals surface area contributed by atoms with E-state index < -0.39 is 5.97 Å². The van der Waals surface area contributed by atoms with E-state index in [9.17, 15) is 4.79 Å². The van der Waals surface area contributed by atoms with Crippen molar-refractivity contribution in [2.45, 2.75) is 31.2 Å². The highest BCUT2D eigenvalue weighted by Gasteiger charge is 2.41. The molecule has 0 aromatic rings. The summed E-state index contributed by atoms with van der Waals surface area (Å²) >= 11 is 0. The maximum atomic E-state index is 10.4. The third-order valence-electron chi connectivity index (χ3n) is 3.24. The summed E-state index contributed by atoms with van der Waals surface area (Å²) in [6.45, 7) is 2.29. The highest BCUT2D eigenvalue weighted by molar-refractivity contribution is 5.80. The molecule has 0 unspecified atom stereocenters. The Morgan fingerprint density at radius 1 is 1.31 bits per heavy atom. The van der Waals surface area contributed by atoms with Crippen molar-refractivity contribution in [3.05, 3.63) is 12.2 Å². The van der Waals surface area contributed by atoms with Gasteiger partial charge in [-0.25, -0.2) is 4.79 Å². The monoisotopic (exact) mass is 181 g/mol. The van der Waals surface area contributed by atoms with Gasteiger partial charge in [0.05, 0.1) is 0 Å². The van der Waals surface area contributed by atoms with Gasteiger partial charge in [0, 0.05) is 11.6 Å². The number of hydrogen-bond acceptors (Lipinski definition) is 2. The molecule has 0 aromatic heterocycles. The lowest BCUT2D eigenvalue weighted by molar-refractivity contribution is -0.131. The third-order valence-corrected chi connectivity index (χ3v) is 3.24. The highest BCUT2D eigenvalue weighted by Crippen LogP contribution is 2.39. The van der Waals surface area contributed by atoms with Gasteiger partial charge in [0.15, 0.2) is 0 Å². The molecule has 0 atom stereocenters. The van der Waals surface area contributed by atoms with Crippen LogP contribution in [-0.2, 0) is 4.79 Å². The maximum Gasteiger partial charge on any atom is 0.328 e. The standard InChI is InChI=1S/C10H15NO2/c12-9(13)3-6-10-4-1-7-11(10)8-2-5-10/h3,6H,1-2,4-5,7-8H2,(H,12,13)/b6-3+. The molecular weight excluding hydrogens is 166 g/mol. The van der Waals surface area contributed by atoms with Crippen molar-refractivity contribution in [1.82, 2.24) is 4.90 Å². The van der Waals surface area contributed by atoms with Gasteiger partial charge in [-0.3, -0.25) is 4.90 Å². The van der Waals surface area contributed by atoms with Crippen molar-refractivity contribution in [3.8, 4) is 0 Å². The molecule has 0 radical (unpaired) electrons. The fourth-order valence-electron chi connectivity index (χ4n) is 2.65. The van der Waals surface area contributed by atoms with E-state index in [2.05, 4.69) is 4.90 Å². The average molecular weight is 181 g/mol. The fraction of sp³-hybridized carbons (Fsp3) is 0.700. The van der Waals surface area contributed by atoms with Gasteiger partial charge in [0.2, 0.25) is 0 Å². The molecule has 2 aliphatic rings. The van der Waals surface area contributed by atoms with Gasteiger partial charge in [0.25, 0.3) is 0 Å². The number of carboxylic acid groups (broad SMARTS) is 1. The summed E-state index contributed by atoms with van der Waals surface area (Å²) in [5.41, 5.74) is 0.110. The lowest BCUT2D eigenvalue weighted by atomic mass is 9.94. The molecule has 1 N–H and O–H groups in total. The number of carbonyl (C=O) groups is 1. The number of hydrogen-bond donors (Lipinski definition) is 1. The molecule has 2 fully saturated rings. The van der Waals surface area contributed by atoms with E-state index >= 15 is 0 Å². The van der Waals surface area contributed by atoms with E-state index in [4.69, 9.17) is 5.11 Å². The first-order valence-corrected chi connectivity index (χ1v) is 4.90. The molecule has 2 aliphatic heterocycles. The van der Waals surface area contributed by atoms with E-state index in [-0.39, 0.29) is 5.54 Å². The first kappa shape index (κ1) is 8.75. The Labute approximate surface area is 78.0 Å². The zero-order valence-corrected chi connectivity index (χ0v) is 7.70. The largest absolute Gasteiger partial charge is 0.478 e. The van der Waals surface area contributed by atoms with Gasteiger partial charge in [-0.15, -0.1) is 0 Å². The highest BCUT2D eigenvalue weighted by atomic mass is 16.4. The smallest absolute Gasteiger partial charge is 0.328 e. The van der Waals surface area contributed by atoms with E-state index in [0.717, 1.165) is 25.9 Å². The van der Waals surface area contributed by atoms with Gasteiger partial charge in [0.1, 0.15) is 0 Å². The molecule has 2 heterocycles. The first-order valence-electron chi connectivity index (χ1n) is 4.90. The molecule has 3 nitrogen and oxygen atoms in total. The van der Waals surface area contributed by atoms with Crippen molar-refractivity contribution in [2.75, 3.05) is 13.1 Å². The van der Waals surface area contributed by atoms with Crippen LogP contribution in [0.3, 0.4) is 0 Å². The number of fused-ring (bicyclic) bond motifs is 1. The van der Waals surface area contributed by atoms with Crippen molar-refractivity contribution in [1.29, 1.82) is 0 Å². The van der Waals surface area contributed by atoms with Crippen LogP contribution in [0.1, 0.15) is 25.7 Å². The minimum atomic E-state index is -0.826. The summed E-state index contributed by atoms with van der Waals surface area (Å²) in [5, 5.41) is 8.59. The second kappa shape index (κ2) is 3.14. The normalized spacial score (nSPS) is 26.8. The Bertz CT molecular complexity index is 237. The van der Waals surface area contributed by atoms with Crippen molar-refractivity contribution >= 4 is 5.97 Å². The van der Waals surface area contributed by atoms with Crippen molar-refractivity contribution < 1.29 is 9.90 Å². The summed E-state index contributed by atoms with van der Waals surface area (Å²) in [7, 11) is 0. The van der Waals surface area contributed by atoms with E-state index in [1.807, 2.05) is 6.08 Å². The zero-order chi connectivity index (χ0) is 9.31. The minimum absolute atomic E-state index is 0.110. The quantitative estimate of drug-likeness (QED) is 0.652. The summed E-state index contributed by atoms with van der Waals surface area (Å²) in [4.78, 5) is 12.9. The van der Waals surface area contributed by atoms with Crippen LogP contribution in [0.25, 0.3) is 0 Å². The first-order chi connectivity index (χ1) is 6.23. The molecular formula is C10H15NO2. The molecule has 2 rings (SSSR count). The van der Waals surface area contributed by atoms with Crippen molar-refractivity contribution in [3.63, 3.8) is 0 Å². The summed E-state index contributed by atoms with van der Waals surface area (Å²) in [6.07, 6.45) is 7.90. The van der Waals surface area contributed by atoms with Gasteiger partial charge in [-0.1, -0.05) is 6.08 Å². The van der Waals surface area contributed by atoms with Crippen LogP contribution in [0.4, 0.5) is 0 Å². The average Bonchev–Trinajstić information content (AvgIpc) is 2.57. The maximum absolute atomic E-state index is 10.4. The Hall–Kier alpha value is -0.830. The van der Waals surface area contributed by atoms with Crippen LogP contribution in [0.2, 0.25) is 0 Å². The van der Waals surface area contributed by atoms with Crippen LogP contribution < -0.4 is 0 Å². The molecule has 72 valence electrons. The Morgan fingerprint density at radius 2 is 1.92 bits per heavy atom. The summed E-state index contributed by atoms with van der Waals surface area (Å²) in [5.74, 6) is -0.826. The van der Waals surface area contributed by atoms with Crippen LogP contribution in [-0.4, -0.2) is 34.6 Å². The number of aliphatic carboxylic acids is 1. The molecule has 3 heteroatoms. The summed E-state index contributed by atoms with van der Waals surface area (Å²) in [6, 6.07) is 0. The van der Waals surface area contributed by atoms with Gasteiger partial charge in [-0.2, -0.15) is 0 Å². The number of nitrogens with zero attached hydrogens (tertiary/aromatic N) is 1. The predicted octanol–water partition coefficient (Wildman–Crippen LogP) is 1.26. The Morgan fingerprint density at radius 3 is 2.46 bits per heavy atom. The second-order valence-electron chi connectivity index (χ2n) is 3.97. The predicted molar refractivity (Wildman–Crippen MR) is 49.5 cm³/mol. The van der Waals surface area contributed by atoms with Crippen LogP contribution >= 0.6 is 0 Å². The Balaban J connectivity index is 2.13.